The number of likely N-dealkylation sites (tertiary alicyclic amines) is 1. The van der Waals surface area contributed by atoms with E-state index in [2.05, 4.69) is 5.32 Å². The number of rotatable bonds is 9. The van der Waals surface area contributed by atoms with Crippen LogP contribution < -0.4 is 5.32 Å². The van der Waals surface area contributed by atoms with Crippen LogP contribution in [0.3, 0.4) is 0 Å². The Morgan fingerprint density at radius 3 is 2.57 bits per heavy atom. The molecule has 2 aromatic carbocycles. The molecule has 1 aliphatic carbocycles. The minimum absolute atomic E-state index is 0.0447. The molecule has 5 rings (SSSR count). The van der Waals surface area contributed by atoms with E-state index >= 15 is 4.39 Å². The molecule has 11 heteroatoms. The normalized spacial score (nSPS) is 22.4. The first-order valence-electron chi connectivity index (χ1n) is 14.1. The number of anilines is 1. The number of benzene rings is 2. The molecule has 0 unspecified atom stereocenters. The van der Waals surface area contributed by atoms with Gasteiger partial charge in [-0.05, 0) is 55.9 Å². The van der Waals surface area contributed by atoms with Crippen LogP contribution in [0.15, 0.2) is 42.6 Å². The lowest BCUT2D eigenvalue weighted by atomic mass is 9.87. The van der Waals surface area contributed by atoms with E-state index in [1.54, 1.807) is 18.2 Å². The van der Waals surface area contributed by atoms with Crippen molar-refractivity contribution in [1.82, 2.24) is 9.47 Å². The summed E-state index contributed by atoms with van der Waals surface area (Å²) in [5.41, 5.74) is 1.57. The average molecular weight is 600 g/mol. The summed E-state index contributed by atoms with van der Waals surface area (Å²) in [7, 11) is 3.41. The van der Waals surface area contributed by atoms with E-state index in [0.717, 1.165) is 17.0 Å². The highest BCUT2D eigenvalue weighted by molar-refractivity contribution is 6.34. The first kappa shape index (κ1) is 30.0. The molecule has 2 N–H and O–H groups in total. The minimum Gasteiger partial charge on any atom is -0.481 e. The largest absolute Gasteiger partial charge is 0.481 e. The van der Waals surface area contributed by atoms with Gasteiger partial charge in [-0.1, -0.05) is 29.8 Å². The number of hydrogen-bond donors (Lipinski definition) is 2. The third-order valence-corrected chi connectivity index (χ3v) is 8.64. The van der Waals surface area contributed by atoms with E-state index in [-0.39, 0.29) is 52.8 Å². The van der Waals surface area contributed by atoms with Gasteiger partial charge in [0.05, 0.1) is 53.5 Å². The zero-order valence-electron chi connectivity index (χ0n) is 23.6. The second kappa shape index (κ2) is 12.8. The highest BCUT2D eigenvalue weighted by Gasteiger charge is 2.38. The number of para-hydroxylation sites is 1. The highest BCUT2D eigenvalue weighted by Crippen LogP contribution is 2.32. The molecule has 2 atom stereocenters. The molecule has 2 amide bonds. The maximum atomic E-state index is 15.2. The zero-order chi connectivity index (χ0) is 30.0. The number of halogens is 2. The number of aliphatic carboxylic acids is 1. The van der Waals surface area contributed by atoms with Crippen molar-refractivity contribution < 1.29 is 33.4 Å². The van der Waals surface area contributed by atoms with Gasteiger partial charge in [-0.2, -0.15) is 0 Å². The molecule has 3 aromatic rings. The highest BCUT2D eigenvalue weighted by atomic mass is 35.5. The van der Waals surface area contributed by atoms with Gasteiger partial charge < -0.3 is 29.4 Å². The summed E-state index contributed by atoms with van der Waals surface area (Å²) < 4.78 is 28.7. The molecule has 2 aliphatic rings. The summed E-state index contributed by atoms with van der Waals surface area (Å²) in [5, 5.41) is 12.8. The molecule has 42 heavy (non-hydrogen) atoms. The van der Waals surface area contributed by atoms with Crippen molar-refractivity contribution in [2.75, 3.05) is 25.6 Å². The topological polar surface area (TPSA) is 110 Å². The van der Waals surface area contributed by atoms with E-state index in [1.165, 1.54) is 6.07 Å². The Labute approximate surface area is 248 Å². The van der Waals surface area contributed by atoms with Crippen molar-refractivity contribution in [3.8, 4) is 0 Å². The second-order valence-electron chi connectivity index (χ2n) is 11.2. The predicted molar refractivity (Wildman–Crippen MR) is 156 cm³/mol. The number of nitrogens with one attached hydrogen (secondary N) is 1. The Morgan fingerprint density at radius 1 is 1.12 bits per heavy atom. The summed E-state index contributed by atoms with van der Waals surface area (Å²) in [4.78, 5) is 39.3. The molecule has 1 aliphatic heterocycles. The van der Waals surface area contributed by atoms with Crippen LogP contribution >= 0.6 is 11.6 Å². The van der Waals surface area contributed by atoms with Crippen LogP contribution in [0, 0.1) is 11.7 Å². The molecule has 0 bridgehead atoms. The number of ether oxygens (including phenoxy) is 2. The lowest BCUT2D eigenvalue weighted by molar-refractivity contribution is -0.144. The molecule has 1 aromatic heterocycles. The standard InChI is InChI=1S/C31H35ClFN3O6/c1-35-16-24(23-5-3-4-6-28(23)35)30(38)34-27-14-26(33)19(11-25(27)32)12-29(37)36-15-22(13-20(36)17-41-2)42-21-9-7-18(8-10-21)31(39)40/h3-6,11,14,16,18,20-22H,7-10,12-13,15,17H2,1-2H3,(H,34,38)(H,39,40)/t18?,20-,21?,22+/m0/s1. The molecule has 1 saturated heterocycles. The number of carboxylic acids is 1. The maximum absolute atomic E-state index is 15.2. The predicted octanol–water partition coefficient (Wildman–Crippen LogP) is 5.04. The lowest BCUT2D eigenvalue weighted by Gasteiger charge is -2.28. The first-order chi connectivity index (χ1) is 20.1. The van der Waals surface area contributed by atoms with Gasteiger partial charge in [0.15, 0.2) is 0 Å². The fourth-order valence-electron chi connectivity index (χ4n) is 6.14. The fraction of sp³-hybridized carbons (Fsp3) is 0.452. The van der Waals surface area contributed by atoms with Crippen LogP contribution in [-0.4, -0.2) is 70.9 Å². The van der Waals surface area contributed by atoms with Crippen LogP contribution in [0.1, 0.15) is 48.0 Å². The number of carbonyl (C=O) groups excluding carboxylic acids is 2. The summed E-state index contributed by atoms with van der Waals surface area (Å²) >= 11 is 6.45. The molecule has 2 fully saturated rings. The van der Waals surface area contributed by atoms with Gasteiger partial charge in [-0.25, -0.2) is 4.39 Å². The Morgan fingerprint density at radius 2 is 1.86 bits per heavy atom. The van der Waals surface area contributed by atoms with Gasteiger partial charge in [-0.3, -0.25) is 14.4 Å². The lowest BCUT2D eigenvalue weighted by Crippen LogP contribution is -2.39. The Bertz CT molecular complexity index is 1480. The molecular weight excluding hydrogens is 565 g/mol. The van der Waals surface area contributed by atoms with Crippen LogP contribution in [0.5, 0.6) is 0 Å². The van der Waals surface area contributed by atoms with Gasteiger partial charge >= 0.3 is 5.97 Å². The zero-order valence-corrected chi connectivity index (χ0v) is 24.4. The van der Waals surface area contributed by atoms with Crippen molar-refractivity contribution in [3.63, 3.8) is 0 Å². The molecule has 9 nitrogen and oxygen atoms in total. The number of aryl methyl sites for hydroxylation is 1. The average Bonchev–Trinajstić information content (AvgIpc) is 3.52. The molecule has 1 saturated carbocycles. The molecule has 0 spiro atoms. The van der Waals surface area contributed by atoms with E-state index in [9.17, 15) is 19.5 Å². The SMILES string of the molecule is COC[C@@H]1C[C@@H](OC2CCC(C(=O)O)CC2)CN1C(=O)Cc1cc(Cl)c(NC(=O)c2cn(C)c3ccccc23)cc1F. The molecular formula is C31H35ClFN3O6. The van der Waals surface area contributed by atoms with Crippen molar-refractivity contribution in [2.24, 2.45) is 13.0 Å². The van der Waals surface area contributed by atoms with Gasteiger partial charge in [0.2, 0.25) is 5.91 Å². The maximum Gasteiger partial charge on any atom is 0.306 e. The van der Waals surface area contributed by atoms with Gasteiger partial charge in [0, 0.05) is 37.8 Å². The smallest absolute Gasteiger partial charge is 0.306 e. The van der Waals surface area contributed by atoms with Crippen molar-refractivity contribution in [1.29, 1.82) is 0 Å². The third kappa shape index (κ3) is 6.45. The number of fused-ring (bicyclic) bond motifs is 1. The summed E-state index contributed by atoms with van der Waals surface area (Å²) in [6.07, 6.45) is 4.33. The Hall–Kier alpha value is -3.47. The van der Waals surface area contributed by atoms with E-state index in [0.29, 0.717) is 50.8 Å². The first-order valence-corrected chi connectivity index (χ1v) is 14.5. The number of carboxylic acid groups (broad SMARTS) is 1. The van der Waals surface area contributed by atoms with Crippen LogP contribution in [0.4, 0.5) is 10.1 Å². The van der Waals surface area contributed by atoms with Crippen molar-refractivity contribution >= 4 is 46.0 Å². The molecule has 2 heterocycles. The Kier molecular flexibility index (Phi) is 9.15. The van der Waals surface area contributed by atoms with E-state index in [4.69, 9.17) is 21.1 Å². The third-order valence-electron chi connectivity index (χ3n) is 8.33. The van der Waals surface area contributed by atoms with Gasteiger partial charge in [0.1, 0.15) is 5.82 Å². The number of carbonyl (C=O) groups is 3. The van der Waals surface area contributed by atoms with Gasteiger partial charge in [0.25, 0.3) is 5.91 Å². The van der Waals surface area contributed by atoms with E-state index in [1.807, 2.05) is 35.9 Å². The van der Waals surface area contributed by atoms with Gasteiger partial charge in [-0.15, -0.1) is 0 Å². The number of nitrogens with zero attached hydrogens (tertiary/aromatic N) is 2. The summed E-state index contributed by atoms with van der Waals surface area (Å²) in [5.74, 6) is -2.43. The fourth-order valence-corrected chi connectivity index (χ4v) is 6.38. The molecule has 224 valence electrons. The second-order valence-corrected chi connectivity index (χ2v) is 11.6. The molecule has 0 radical (unpaired) electrons. The van der Waals surface area contributed by atoms with Crippen molar-refractivity contribution in [3.05, 3.63) is 64.6 Å². The monoisotopic (exact) mass is 599 g/mol. The van der Waals surface area contributed by atoms with Crippen LogP contribution in [0.25, 0.3) is 10.9 Å². The Balaban J connectivity index is 1.23. The number of hydrogen-bond acceptors (Lipinski definition) is 5. The number of aromatic nitrogens is 1. The van der Waals surface area contributed by atoms with Crippen LogP contribution in [0.2, 0.25) is 5.02 Å². The summed E-state index contributed by atoms with van der Waals surface area (Å²) in [6.45, 7) is 0.667. The summed E-state index contributed by atoms with van der Waals surface area (Å²) in [6, 6.07) is 9.78. The number of methoxy groups -OCH3 is 1. The number of amides is 2. The van der Waals surface area contributed by atoms with E-state index < -0.39 is 17.7 Å². The minimum atomic E-state index is -0.765. The quantitative estimate of drug-likeness (QED) is 0.357. The van der Waals surface area contributed by atoms with Crippen molar-refractivity contribution in [2.45, 2.75) is 56.8 Å². The van der Waals surface area contributed by atoms with Crippen LogP contribution in [-0.2, 0) is 32.5 Å².